The van der Waals surface area contributed by atoms with Crippen molar-refractivity contribution in [1.29, 1.82) is 0 Å². The Bertz CT molecular complexity index is 570. The van der Waals surface area contributed by atoms with Gasteiger partial charge in [-0.2, -0.15) is 0 Å². The highest BCUT2D eigenvalue weighted by Gasteiger charge is 2.35. The van der Waals surface area contributed by atoms with Gasteiger partial charge in [0.1, 0.15) is 0 Å². The minimum atomic E-state index is -1.00. The molecule has 1 unspecified atom stereocenters. The molecule has 0 aromatic heterocycles. The number of carboxylic acids is 1. The molecule has 1 N–H and O–H groups in total. The van der Waals surface area contributed by atoms with Gasteiger partial charge in [-0.15, -0.1) is 0 Å². The van der Waals surface area contributed by atoms with Gasteiger partial charge in [0.2, 0.25) is 5.91 Å². The number of halogens is 1. The van der Waals surface area contributed by atoms with Gasteiger partial charge in [-0.1, -0.05) is 11.6 Å². The van der Waals surface area contributed by atoms with Gasteiger partial charge in [0.15, 0.2) is 5.78 Å². The molecule has 2 rings (SSSR count). The summed E-state index contributed by atoms with van der Waals surface area (Å²) in [6, 6.07) is 4.63. The fourth-order valence-electron chi connectivity index (χ4n) is 2.04. The molecule has 1 aromatic rings. The van der Waals surface area contributed by atoms with E-state index in [0.717, 1.165) is 0 Å². The number of Topliss-reactive ketones (excluding diaryl/α,β-unsaturated/α-hetero) is 1. The van der Waals surface area contributed by atoms with Crippen molar-refractivity contribution in [3.05, 3.63) is 28.8 Å². The van der Waals surface area contributed by atoms with Crippen LogP contribution >= 0.6 is 11.6 Å². The zero-order valence-corrected chi connectivity index (χ0v) is 11.0. The molecule has 1 aromatic carbocycles. The van der Waals surface area contributed by atoms with Gasteiger partial charge in [0.05, 0.1) is 16.6 Å². The molecular formula is C13H12ClNO4. The summed E-state index contributed by atoms with van der Waals surface area (Å²) < 4.78 is 0. The first kappa shape index (κ1) is 13.5. The molecule has 100 valence electrons. The highest BCUT2D eigenvalue weighted by molar-refractivity contribution is 6.34. The van der Waals surface area contributed by atoms with E-state index in [1.54, 1.807) is 6.07 Å². The Labute approximate surface area is 114 Å². The van der Waals surface area contributed by atoms with Crippen LogP contribution in [-0.4, -0.2) is 29.3 Å². The van der Waals surface area contributed by atoms with Crippen LogP contribution in [0.1, 0.15) is 23.7 Å². The number of ketones is 1. The monoisotopic (exact) mass is 281 g/mol. The fraction of sp³-hybridized carbons (Fsp3) is 0.308. The van der Waals surface area contributed by atoms with Crippen molar-refractivity contribution >= 4 is 34.9 Å². The predicted molar refractivity (Wildman–Crippen MR) is 69.6 cm³/mol. The highest BCUT2D eigenvalue weighted by Crippen LogP contribution is 2.32. The highest BCUT2D eigenvalue weighted by atomic mass is 35.5. The lowest BCUT2D eigenvalue weighted by Crippen LogP contribution is -2.26. The lowest BCUT2D eigenvalue weighted by atomic mass is 10.1. The predicted octanol–water partition coefficient (Wildman–Crippen LogP) is 1.98. The molecule has 1 atom stereocenters. The van der Waals surface area contributed by atoms with E-state index in [1.165, 1.54) is 24.0 Å². The van der Waals surface area contributed by atoms with Gasteiger partial charge < -0.3 is 10.0 Å². The van der Waals surface area contributed by atoms with Crippen molar-refractivity contribution in [2.24, 2.45) is 5.92 Å². The molecule has 0 saturated carbocycles. The Hall–Kier alpha value is -1.88. The molecule has 5 nitrogen and oxygen atoms in total. The first-order valence-corrected chi connectivity index (χ1v) is 6.11. The van der Waals surface area contributed by atoms with Crippen LogP contribution in [0.3, 0.4) is 0 Å². The van der Waals surface area contributed by atoms with Crippen molar-refractivity contribution in [2.75, 3.05) is 11.4 Å². The third-order valence-electron chi connectivity index (χ3n) is 3.12. The third-order valence-corrected chi connectivity index (χ3v) is 3.44. The standard InChI is InChI=1S/C13H12ClNO4/c1-7(16)8-2-3-10(14)11(4-8)15-6-9(13(18)19)5-12(15)17/h2-4,9H,5-6H2,1H3,(H,18,19). The maximum absolute atomic E-state index is 11.8. The minimum absolute atomic E-state index is 0.0457. The van der Waals surface area contributed by atoms with Gasteiger partial charge in [0, 0.05) is 18.5 Å². The van der Waals surface area contributed by atoms with Gasteiger partial charge in [0.25, 0.3) is 0 Å². The summed E-state index contributed by atoms with van der Waals surface area (Å²) in [4.78, 5) is 35.4. The molecule has 1 heterocycles. The van der Waals surface area contributed by atoms with Gasteiger partial charge >= 0.3 is 5.97 Å². The summed E-state index contributed by atoms with van der Waals surface area (Å²) in [6.45, 7) is 1.49. The lowest BCUT2D eigenvalue weighted by Gasteiger charge is -2.18. The van der Waals surface area contributed by atoms with E-state index in [-0.39, 0.29) is 24.7 Å². The van der Waals surface area contributed by atoms with Crippen LogP contribution in [0.25, 0.3) is 0 Å². The van der Waals surface area contributed by atoms with Gasteiger partial charge in [-0.3, -0.25) is 14.4 Å². The Balaban J connectivity index is 2.36. The molecular weight excluding hydrogens is 270 g/mol. The van der Waals surface area contributed by atoms with Crippen molar-refractivity contribution in [2.45, 2.75) is 13.3 Å². The molecule has 1 aliphatic rings. The van der Waals surface area contributed by atoms with Crippen LogP contribution in [0.2, 0.25) is 5.02 Å². The Kier molecular flexibility index (Phi) is 3.57. The fourth-order valence-corrected chi connectivity index (χ4v) is 2.26. The van der Waals surface area contributed by atoms with E-state index >= 15 is 0 Å². The molecule has 19 heavy (non-hydrogen) atoms. The van der Waals surface area contributed by atoms with Gasteiger partial charge in [-0.25, -0.2) is 0 Å². The second kappa shape index (κ2) is 5.01. The van der Waals surface area contributed by atoms with Crippen molar-refractivity contribution in [1.82, 2.24) is 0 Å². The third kappa shape index (κ3) is 2.61. The number of carbonyl (C=O) groups excluding carboxylic acids is 2. The van der Waals surface area contributed by atoms with E-state index < -0.39 is 11.9 Å². The number of benzene rings is 1. The molecule has 6 heteroatoms. The molecule has 1 aliphatic heterocycles. The van der Waals surface area contributed by atoms with Crippen LogP contribution in [0.4, 0.5) is 5.69 Å². The maximum Gasteiger partial charge on any atom is 0.308 e. The summed E-state index contributed by atoms with van der Waals surface area (Å²) in [5.74, 6) is -2.17. The summed E-state index contributed by atoms with van der Waals surface area (Å²) in [7, 11) is 0. The number of amides is 1. The summed E-state index contributed by atoms with van der Waals surface area (Å²) in [6.07, 6.45) is -0.0457. The summed E-state index contributed by atoms with van der Waals surface area (Å²) in [5.41, 5.74) is 0.828. The number of aliphatic carboxylic acids is 1. The number of nitrogens with zero attached hydrogens (tertiary/aromatic N) is 1. The quantitative estimate of drug-likeness (QED) is 0.860. The number of rotatable bonds is 3. The number of anilines is 1. The van der Waals surface area contributed by atoms with Crippen LogP contribution in [0.15, 0.2) is 18.2 Å². The van der Waals surface area contributed by atoms with E-state index in [1.807, 2.05) is 0 Å². The number of hydrogen-bond acceptors (Lipinski definition) is 3. The van der Waals surface area contributed by atoms with E-state index in [0.29, 0.717) is 16.3 Å². The number of hydrogen-bond donors (Lipinski definition) is 1. The van der Waals surface area contributed by atoms with Crippen LogP contribution in [0.5, 0.6) is 0 Å². The average Bonchev–Trinajstić information content (AvgIpc) is 2.72. The molecule has 0 bridgehead atoms. The van der Waals surface area contributed by atoms with Gasteiger partial charge in [-0.05, 0) is 25.1 Å². The Morgan fingerprint density at radius 3 is 2.63 bits per heavy atom. The van der Waals surface area contributed by atoms with Crippen LogP contribution < -0.4 is 4.90 Å². The summed E-state index contributed by atoms with van der Waals surface area (Å²) in [5, 5.41) is 9.27. The molecule has 0 aliphatic carbocycles. The van der Waals surface area contributed by atoms with E-state index in [2.05, 4.69) is 0 Å². The second-order valence-electron chi connectivity index (χ2n) is 4.47. The largest absolute Gasteiger partial charge is 0.481 e. The minimum Gasteiger partial charge on any atom is -0.481 e. The SMILES string of the molecule is CC(=O)c1ccc(Cl)c(N2CC(C(=O)O)CC2=O)c1. The Morgan fingerprint density at radius 2 is 2.11 bits per heavy atom. The molecule has 1 fully saturated rings. The maximum atomic E-state index is 11.8. The normalized spacial score (nSPS) is 18.7. The average molecular weight is 282 g/mol. The zero-order valence-electron chi connectivity index (χ0n) is 10.2. The summed E-state index contributed by atoms with van der Waals surface area (Å²) >= 11 is 6.02. The van der Waals surface area contributed by atoms with E-state index in [4.69, 9.17) is 16.7 Å². The molecule has 0 radical (unpaired) electrons. The van der Waals surface area contributed by atoms with Crippen LogP contribution in [-0.2, 0) is 9.59 Å². The van der Waals surface area contributed by atoms with Crippen molar-refractivity contribution < 1.29 is 19.5 Å². The first-order chi connectivity index (χ1) is 8.90. The molecule has 1 saturated heterocycles. The van der Waals surface area contributed by atoms with Crippen LogP contribution in [0, 0.1) is 5.92 Å². The topological polar surface area (TPSA) is 74.7 Å². The second-order valence-corrected chi connectivity index (χ2v) is 4.87. The number of carbonyl (C=O) groups is 3. The van der Waals surface area contributed by atoms with E-state index in [9.17, 15) is 14.4 Å². The first-order valence-electron chi connectivity index (χ1n) is 5.74. The lowest BCUT2D eigenvalue weighted by molar-refractivity contribution is -0.141. The van der Waals surface area contributed by atoms with Crippen molar-refractivity contribution in [3.8, 4) is 0 Å². The zero-order chi connectivity index (χ0) is 14.2. The Morgan fingerprint density at radius 1 is 1.42 bits per heavy atom. The molecule has 0 spiro atoms. The number of carboxylic acid groups (broad SMARTS) is 1. The van der Waals surface area contributed by atoms with Crippen molar-refractivity contribution in [3.63, 3.8) is 0 Å². The smallest absolute Gasteiger partial charge is 0.308 e. The molecule has 1 amide bonds.